The van der Waals surface area contributed by atoms with Gasteiger partial charge in [-0.2, -0.15) is 0 Å². The van der Waals surface area contributed by atoms with Crippen molar-refractivity contribution < 1.29 is 13.5 Å². The second-order valence-corrected chi connectivity index (χ2v) is 8.79. The minimum atomic E-state index is -3.43. The van der Waals surface area contributed by atoms with E-state index < -0.39 is 19.6 Å². The van der Waals surface area contributed by atoms with E-state index in [1.807, 2.05) is 0 Å². The fourth-order valence-corrected chi connectivity index (χ4v) is 3.47. The molecule has 17 heavy (non-hydrogen) atoms. The smallest absolute Gasteiger partial charge is 0.168 e. The number of anilines is 1. The van der Waals surface area contributed by atoms with Crippen molar-refractivity contribution in [2.45, 2.75) is 23.6 Å². The highest BCUT2D eigenvalue weighted by molar-refractivity contribution is 9.11. The third-order valence-electron chi connectivity index (χ3n) is 2.70. The molecule has 0 aliphatic heterocycles. The normalized spacial score (nSPS) is 17.4. The van der Waals surface area contributed by atoms with Gasteiger partial charge in [-0.25, -0.2) is 8.42 Å². The molecule has 0 aliphatic rings. The van der Waals surface area contributed by atoms with Gasteiger partial charge in [0.05, 0.1) is 0 Å². The van der Waals surface area contributed by atoms with E-state index in [1.165, 1.54) is 6.92 Å². The van der Waals surface area contributed by atoms with Gasteiger partial charge in [-0.1, -0.05) is 35.0 Å². The third-order valence-corrected chi connectivity index (χ3v) is 6.82. The van der Waals surface area contributed by atoms with Gasteiger partial charge in [0.25, 0.3) is 0 Å². The SMILES string of the molecule is CCS(=O)(=O)[C@@](C)(Br)[C@@H](O)c1cccc(N)c1. The molecule has 1 rings (SSSR count). The quantitative estimate of drug-likeness (QED) is 0.655. The average molecular weight is 322 g/mol. The predicted octanol–water partition coefficient (Wildman–Crippen LogP) is 1.85. The van der Waals surface area contributed by atoms with Crippen molar-refractivity contribution in [3.63, 3.8) is 0 Å². The molecule has 0 spiro atoms. The van der Waals surface area contributed by atoms with Gasteiger partial charge in [0, 0.05) is 11.4 Å². The molecule has 0 bridgehead atoms. The Morgan fingerprint density at radius 2 is 2.12 bits per heavy atom. The van der Waals surface area contributed by atoms with Crippen molar-refractivity contribution in [1.82, 2.24) is 0 Å². The van der Waals surface area contributed by atoms with E-state index in [0.29, 0.717) is 11.3 Å². The maximum Gasteiger partial charge on any atom is 0.168 e. The second-order valence-electron chi connectivity index (χ2n) is 3.96. The van der Waals surface area contributed by atoms with Crippen LogP contribution in [0.4, 0.5) is 5.69 Å². The number of nitrogens with two attached hydrogens (primary N) is 1. The largest absolute Gasteiger partial charge is 0.399 e. The van der Waals surface area contributed by atoms with Crippen molar-refractivity contribution in [3.05, 3.63) is 29.8 Å². The van der Waals surface area contributed by atoms with E-state index in [2.05, 4.69) is 15.9 Å². The Labute approximate surface area is 110 Å². The first-order valence-electron chi connectivity index (χ1n) is 5.17. The summed E-state index contributed by atoms with van der Waals surface area (Å²) in [4.78, 5) is 0. The Balaban J connectivity index is 3.17. The Morgan fingerprint density at radius 1 is 1.53 bits per heavy atom. The van der Waals surface area contributed by atoms with Crippen LogP contribution in [0.2, 0.25) is 0 Å². The van der Waals surface area contributed by atoms with E-state index in [0.717, 1.165) is 0 Å². The van der Waals surface area contributed by atoms with Crippen LogP contribution in [0.3, 0.4) is 0 Å². The second kappa shape index (κ2) is 4.96. The maximum absolute atomic E-state index is 11.9. The van der Waals surface area contributed by atoms with E-state index in [1.54, 1.807) is 31.2 Å². The minimum absolute atomic E-state index is 0.0475. The van der Waals surface area contributed by atoms with Gasteiger partial charge < -0.3 is 10.8 Å². The topological polar surface area (TPSA) is 80.4 Å². The van der Waals surface area contributed by atoms with Crippen LogP contribution in [0.15, 0.2) is 24.3 Å². The molecule has 0 aromatic heterocycles. The van der Waals surface area contributed by atoms with Gasteiger partial charge >= 0.3 is 0 Å². The molecule has 2 atom stereocenters. The summed E-state index contributed by atoms with van der Waals surface area (Å²) < 4.78 is 22.4. The first-order valence-corrected chi connectivity index (χ1v) is 7.61. The molecule has 0 heterocycles. The van der Waals surface area contributed by atoms with Crippen LogP contribution in [0.1, 0.15) is 25.5 Å². The molecular weight excluding hydrogens is 306 g/mol. The summed E-state index contributed by atoms with van der Waals surface area (Å²) in [6.07, 6.45) is -1.17. The fraction of sp³-hybridized carbons (Fsp3) is 0.455. The van der Waals surface area contributed by atoms with Crippen molar-refractivity contribution in [2.24, 2.45) is 0 Å². The molecule has 3 N–H and O–H groups in total. The lowest BCUT2D eigenvalue weighted by atomic mass is 10.1. The molecular formula is C11H16BrNO3S. The summed E-state index contributed by atoms with van der Waals surface area (Å²) >= 11 is 3.11. The first kappa shape index (κ1) is 14.5. The highest BCUT2D eigenvalue weighted by Crippen LogP contribution is 2.39. The maximum atomic E-state index is 11.9. The molecule has 0 unspecified atom stereocenters. The van der Waals surface area contributed by atoms with E-state index in [9.17, 15) is 13.5 Å². The zero-order chi connectivity index (χ0) is 13.3. The summed E-state index contributed by atoms with van der Waals surface area (Å²) in [5, 5.41) is 10.2. The Hall–Kier alpha value is -0.590. The number of hydrogen-bond acceptors (Lipinski definition) is 4. The van der Waals surface area contributed by atoms with Crippen molar-refractivity contribution in [1.29, 1.82) is 0 Å². The van der Waals surface area contributed by atoms with Crippen molar-refractivity contribution >= 4 is 31.5 Å². The molecule has 0 aliphatic carbocycles. The molecule has 0 saturated heterocycles. The highest BCUT2D eigenvalue weighted by atomic mass is 79.9. The van der Waals surface area contributed by atoms with E-state index in [-0.39, 0.29) is 5.75 Å². The summed E-state index contributed by atoms with van der Waals surface area (Å²) in [6.45, 7) is 2.99. The van der Waals surface area contributed by atoms with Crippen LogP contribution in [0, 0.1) is 0 Å². The number of rotatable bonds is 4. The molecule has 0 saturated carbocycles. The lowest BCUT2D eigenvalue weighted by Crippen LogP contribution is -2.36. The Bertz CT molecular complexity index is 499. The third kappa shape index (κ3) is 2.81. The Kier molecular flexibility index (Phi) is 4.22. The zero-order valence-corrected chi connectivity index (χ0v) is 12.1. The van der Waals surface area contributed by atoms with Crippen LogP contribution in [-0.4, -0.2) is 22.9 Å². The number of aliphatic hydroxyl groups excluding tert-OH is 1. The number of alkyl halides is 1. The van der Waals surface area contributed by atoms with Crippen molar-refractivity contribution in [2.75, 3.05) is 11.5 Å². The summed E-state index contributed by atoms with van der Waals surface area (Å²) in [6, 6.07) is 6.56. The fourth-order valence-electron chi connectivity index (χ4n) is 1.48. The van der Waals surface area contributed by atoms with E-state index in [4.69, 9.17) is 5.73 Å². The molecule has 1 aromatic carbocycles. The molecule has 0 fully saturated rings. The van der Waals surface area contributed by atoms with Gasteiger partial charge in [-0.15, -0.1) is 0 Å². The molecule has 4 nitrogen and oxygen atoms in total. The van der Waals surface area contributed by atoms with Crippen molar-refractivity contribution in [3.8, 4) is 0 Å². The number of sulfone groups is 1. The van der Waals surface area contributed by atoms with Crippen LogP contribution >= 0.6 is 15.9 Å². The summed E-state index contributed by atoms with van der Waals surface area (Å²) in [5.74, 6) is -0.0475. The molecule has 1 aromatic rings. The first-order chi connectivity index (χ1) is 7.72. The number of hydrogen-bond donors (Lipinski definition) is 2. The lowest BCUT2D eigenvalue weighted by Gasteiger charge is -2.28. The van der Waals surface area contributed by atoms with Gasteiger partial charge in [0.15, 0.2) is 13.5 Å². The standard InChI is InChI=1S/C11H16BrNO3S/c1-3-17(15,16)11(2,12)10(14)8-5-4-6-9(13)7-8/h4-7,10,14H,3,13H2,1-2H3/t10-,11+/m0/s1. The number of nitrogen functional groups attached to an aromatic ring is 1. The average Bonchev–Trinajstić information content (AvgIpc) is 2.27. The molecule has 0 amide bonds. The number of benzene rings is 1. The van der Waals surface area contributed by atoms with Crippen LogP contribution in [0.5, 0.6) is 0 Å². The van der Waals surface area contributed by atoms with Crippen LogP contribution < -0.4 is 5.73 Å². The summed E-state index contributed by atoms with van der Waals surface area (Å²) in [7, 11) is -3.43. The highest BCUT2D eigenvalue weighted by Gasteiger charge is 2.42. The molecule has 96 valence electrons. The summed E-state index contributed by atoms with van der Waals surface area (Å²) in [5.41, 5.74) is 6.56. The van der Waals surface area contributed by atoms with Gasteiger partial charge in [-0.05, 0) is 24.6 Å². The monoisotopic (exact) mass is 321 g/mol. The number of aliphatic hydroxyl groups is 1. The predicted molar refractivity (Wildman–Crippen MR) is 72.6 cm³/mol. The zero-order valence-electron chi connectivity index (χ0n) is 9.72. The lowest BCUT2D eigenvalue weighted by molar-refractivity contribution is 0.167. The van der Waals surface area contributed by atoms with Gasteiger partial charge in [0.1, 0.15) is 6.10 Å². The Morgan fingerprint density at radius 3 is 2.59 bits per heavy atom. The minimum Gasteiger partial charge on any atom is -0.399 e. The van der Waals surface area contributed by atoms with E-state index >= 15 is 0 Å². The van der Waals surface area contributed by atoms with Gasteiger partial charge in [0.2, 0.25) is 0 Å². The molecule has 6 heteroatoms. The van der Waals surface area contributed by atoms with Gasteiger partial charge in [-0.3, -0.25) is 0 Å². The molecule has 0 radical (unpaired) electrons. The van der Waals surface area contributed by atoms with Crippen LogP contribution in [0.25, 0.3) is 0 Å². The number of halogens is 1. The van der Waals surface area contributed by atoms with Crippen LogP contribution in [-0.2, 0) is 9.84 Å².